The van der Waals surface area contributed by atoms with Crippen LogP contribution < -0.4 is 20.9 Å². The van der Waals surface area contributed by atoms with Crippen LogP contribution in [0, 0.1) is 6.92 Å². The number of nitrogens with one attached hydrogen (secondary N) is 3. The van der Waals surface area contributed by atoms with E-state index in [2.05, 4.69) is 16.0 Å². The van der Waals surface area contributed by atoms with E-state index in [0.717, 1.165) is 35.1 Å². The van der Waals surface area contributed by atoms with E-state index in [1.807, 2.05) is 89.2 Å². The molecule has 216 valence electrons. The first-order valence-corrected chi connectivity index (χ1v) is 14.5. The van der Waals surface area contributed by atoms with Gasteiger partial charge < -0.3 is 20.9 Å². The largest absolute Gasteiger partial charge is 0.350 e. The van der Waals surface area contributed by atoms with E-state index in [1.165, 1.54) is 4.90 Å². The van der Waals surface area contributed by atoms with Gasteiger partial charge in [0.05, 0.1) is 0 Å². The third kappa shape index (κ3) is 7.47. The number of nitrogens with zero attached hydrogens (tertiary/aromatic N) is 1. The Kier molecular flexibility index (Phi) is 9.38. The summed E-state index contributed by atoms with van der Waals surface area (Å²) in [5.74, 6) is -0.879. The minimum atomic E-state index is -0.895. The van der Waals surface area contributed by atoms with Crippen LogP contribution in [0.1, 0.15) is 68.7 Å². The molecule has 1 aliphatic heterocycles. The summed E-state index contributed by atoms with van der Waals surface area (Å²) in [6.07, 6.45) is 1.88. The van der Waals surface area contributed by atoms with Gasteiger partial charge in [-0.15, -0.1) is 0 Å². The summed E-state index contributed by atoms with van der Waals surface area (Å²) in [4.78, 5) is 42.1. The van der Waals surface area contributed by atoms with Crippen molar-refractivity contribution in [2.24, 2.45) is 0 Å². The quantitative estimate of drug-likeness (QED) is 0.284. The fourth-order valence-electron chi connectivity index (χ4n) is 5.06. The van der Waals surface area contributed by atoms with Gasteiger partial charge in [0.15, 0.2) is 0 Å². The molecule has 2 atom stereocenters. The molecule has 0 aliphatic carbocycles. The molecule has 3 aromatic rings. The molecular weight excluding hydrogens is 536 g/mol. The van der Waals surface area contributed by atoms with Gasteiger partial charge in [0.2, 0.25) is 11.8 Å². The summed E-state index contributed by atoms with van der Waals surface area (Å²) < 4.78 is 0. The zero-order valence-electron chi connectivity index (χ0n) is 24.4. The number of carbonyl (C=O) groups excluding carboxylic acids is 3. The fraction of sp³-hybridized carbons (Fsp3) is 0.364. The van der Waals surface area contributed by atoms with Crippen molar-refractivity contribution in [3.8, 4) is 0 Å². The number of amides is 4. The molecule has 3 aromatic carbocycles. The fourth-order valence-corrected chi connectivity index (χ4v) is 5.22. The third-order valence-corrected chi connectivity index (χ3v) is 7.97. The average Bonchev–Trinajstić information content (AvgIpc) is 3.03. The van der Waals surface area contributed by atoms with Gasteiger partial charge in [0.25, 0.3) is 0 Å². The standard InChI is InChI=1S/C33H39ClN4O3/c1-6-22-9-8-10-25(17-22)35-32(41)36-28-19-27(23-13-11-21(3)12-14-23)26-16-15-24(34)18-29(26)38(31(28)40)20-30(39)37-33(4,5)7-2/h8-18,27-28H,6-7,19-20H2,1-5H3,(H,37,39)(H2,35,36,41). The number of hydrogen-bond donors (Lipinski definition) is 3. The van der Waals surface area contributed by atoms with E-state index in [0.29, 0.717) is 22.8 Å². The van der Waals surface area contributed by atoms with Crippen molar-refractivity contribution in [2.45, 2.75) is 71.4 Å². The Morgan fingerprint density at radius 3 is 2.44 bits per heavy atom. The maximum absolute atomic E-state index is 14.2. The van der Waals surface area contributed by atoms with Gasteiger partial charge in [-0.3, -0.25) is 9.59 Å². The zero-order chi connectivity index (χ0) is 29.7. The molecule has 7 nitrogen and oxygen atoms in total. The summed E-state index contributed by atoms with van der Waals surface area (Å²) >= 11 is 6.44. The lowest BCUT2D eigenvalue weighted by molar-refractivity contribution is -0.125. The van der Waals surface area contributed by atoms with Gasteiger partial charge in [-0.25, -0.2) is 4.79 Å². The molecule has 0 aromatic heterocycles. The van der Waals surface area contributed by atoms with Crippen LogP contribution in [0.2, 0.25) is 5.02 Å². The lowest BCUT2D eigenvalue weighted by Gasteiger charge is -2.29. The molecule has 0 spiro atoms. The van der Waals surface area contributed by atoms with Gasteiger partial charge in [0, 0.05) is 27.9 Å². The molecule has 41 heavy (non-hydrogen) atoms. The van der Waals surface area contributed by atoms with Gasteiger partial charge in [0.1, 0.15) is 12.6 Å². The highest BCUT2D eigenvalue weighted by atomic mass is 35.5. The van der Waals surface area contributed by atoms with Gasteiger partial charge in [-0.05, 0) is 81.0 Å². The monoisotopic (exact) mass is 574 g/mol. The van der Waals surface area contributed by atoms with Crippen molar-refractivity contribution >= 4 is 40.8 Å². The van der Waals surface area contributed by atoms with Crippen molar-refractivity contribution in [1.29, 1.82) is 0 Å². The minimum Gasteiger partial charge on any atom is -0.350 e. The Bertz CT molecular complexity index is 1420. The highest BCUT2D eigenvalue weighted by Crippen LogP contribution is 2.40. The van der Waals surface area contributed by atoms with E-state index in [9.17, 15) is 14.4 Å². The summed E-state index contributed by atoms with van der Waals surface area (Å²) in [6, 6.07) is 19.8. The molecule has 2 unspecified atom stereocenters. The molecule has 1 aliphatic rings. The number of fused-ring (bicyclic) bond motifs is 1. The molecule has 0 radical (unpaired) electrons. The SMILES string of the molecule is CCc1cccc(NC(=O)NC2CC(c3ccc(C)cc3)c3ccc(Cl)cc3N(CC(=O)NC(C)(C)CC)C2=O)c1. The first kappa shape index (κ1) is 30.1. The average molecular weight is 575 g/mol. The molecule has 0 saturated heterocycles. The number of urea groups is 1. The van der Waals surface area contributed by atoms with Crippen LogP contribution in [0.3, 0.4) is 0 Å². The lowest BCUT2D eigenvalue weighted by Crippen LogP contribution is -2.53. The number of aryl methyl sites for hydroxylation is 2. The maximum atomic E-state index is 14.2. The second kappa shape index (κ2) is 12.8. The molecule has 4 rings (SSSR count). The second-order valence-electron chi connectivity index (χ2n) is 11.3. The minimum absolute atomic E-state index is 0.200. The van der Waals surface area contributed by atoms with Crippen LogP contribution in [0.25, 0.3) is 0 Å². The highest BCUT2D eigenvalue weighted by molar-refractivity contribution is 6.31. The van der Waals surface area contributed by atoms with E-state index in [-0.39, 0.29) is 24.3 Å². The van der Waals surface area contributed by atoms with Crippen LogP contribution in [-0.2, 0) is 16.0 Å². The molecule has 3 N–H and O–H groups in total. The van der Waals surface area contributed by atoms with E-state index in [1.54, 1.807) is 12.1 Å². The smallest absolute Gasteiger partial charge is 0.319 e. The predicted octanol–water partition coefficient (Wildman–Crippen LogP) is 6.57. The van der Waals surface area contributed by atoms with E-state index in [4.69, 9.17) is 11.6 Å². The summed E-state index contributed by atoms with van der Waals surface area (Å²) in [7, 11) is 0. The second-order valence-corrected chi connectivity index (χ2v) is 11.8. The van der Waals surface area contributed by atoms with Crippen LogP contribution in [0.4, 0.5) is 16.2 Å². The van der Waals surface area contributed by atoms with Crippen LogP contribution in [0.15, 0.2) is 66.7 Å². The Morgan fingerprint density at radius 2 is 1.76 bits per heavy atom. The third-order valence-electron chi connectivity index (χ3n) is 7.74. The van der Waals surface area contributed by atoms with Crippen molar-refractivity contribution in [2.75, 3.05) is 16.8 Å². The molecule has 4 amide bonds. The molecular formula is C33H39ClN4O3. The Labute approximate surface area is 247 Å². The Morgan fingerprint density at radius 1 is 1.02 bits per heavy atom. The molecule has 0 saturated carbocycles. The van der Waals surface area contributed by atoms with Gasteiger partial charge in [-0.2, -0.15) is 0 Å². The van der Waals surface area contributed by atoms with Crippen molar-refractivity contribution < 1.29 is 14.4 Å². The van der Waals surface area contributed by atoms with E-state index >= 15 is 0 Å². The Balaban J connectivity index is 1.72. The summed E-state index contributed by atoms with van der Waals surface area (Å²) in [5, 5.41) is 9.26. The number of hydrogen-bond acceptors (Lipinski definition) is 3. The first-order valence-electron chi connectivity index (χ1n) is 14.1. The maximum Gasteiger partial charge on any atom is 0.319 e. The molecule has 0 fully saturated rings. The van der Waals surface area contributed by atoms with E-state index < -0.39 is 17.6 Å². The van der Waals surface area contributed by atoms with Crippen molar-refractivity contribution in [3.05, 3.63) is 94.0 Å². The normalized spacial score (nSPS) is 16.9. The van der Waals surface area contributed by atoms with Crippen LogP contribution >= 0.6 is 11.6 Å². The van der Waals surface area contributed by atoms with Gasteiger partial charge in [-0.1, -0.05) is 73.5 Å². The molecule has 8 heteroatoms. The number of rotatable bonds is 8. The van der Waals surface area contributed by atoms with Crippen LogP contribution in [-0.4, -0.2) is 36.0 Å². The zero-order valence-corrected chi connectivity index (χ0v) is 25.1. The number of carbonyl (C=O) groups is 3. The number of halogens is 1. The van der Waals surface area contributed by atoms with Crippen molar-refractivity contribution in [3.63, 3.8) is 0 Å². The molecule has 1 heterocycles. The van der Waals surface area contributed by atoms with Crippen LogP contribution in [0.5, 0.6) is 0 Å². The predicted molar refractivity (Wildman–Crippen MR) is 166 cm³/mol. The lowest BCUT2D eigenvalue weighted by atomic mass is 9.85. The topological polar surface area (TPSA) is 90.5 Å². The van der Waals surface area contributed by atoms with Crippen molar-refractivity contribution in [1.82, 2.24) is 10.6 Å². The van der Waals surface area contributed by atoms with Gasteiger partial charge >= 0.3 is 6.03 Å². The molecule has 0 bridgehead atoms. The number of anilines is 2. The number of benzene rings is 3. The highest BCUT2D eigenvalue weighted by Gasteiger charge is 2.38. The summed E-state index contributed by atoms with van der Waals surface area (Å²) in [6.45, 7) is 9.74. The first-order chi connectivity index (χ1) is 19.5. The summed E-state index contributed by atoms with van der Waals surface area (Å²) in [5.41, 5.74) is 4.87. The Hall–Kier alpha value is -3.84.